The van der Waals surface area contributed by atoms with Crippen LogP contribution in [0.5, 0.6) is 5.75 Å². The van der Waals surface area contributed by atoms with Crippen molar-refractivity contribution in [2.75, 3.05) is 0 Å². The second-order valence-corrected chi connectivity index (χ2v) is 4.58. The van der Waals surface area contributed by atoms with Gasteiger partial charge in [-0.1, -0.05) is 29.8 Å². The molecule has 4 heteroatoms. The molecule has 0 aliphatic heterocycles. The minimum absolute atomic E-state index is 0.129. The summed E-state index contributed by atoms with van der Waals surface area (Å²) in [6, 6.07) is 12.5. The van der Waals surface area contributed by atoms with Gasteiger partial charge in [0.2, 0.25) is 0 Å². The molecule has 102 valence electrons. The average Bonchev–Trinajstić information content (AvgIpc) is 2.43. The Bertz CT molecular complexity index is 663. The summed E-state index contributed by atoms with van der Waals surface area (Å²) >= 11 is 0. The summed E-state index contributed by atoms with van der Waals surface area (Å²) in [6.07, 6.45) is 1.43. The molecule has 0 unspecified atom stereocenters. The molecule has 0 saturated carbocycles. The minimum atomic E-state index is -0.272. The first-order valence-corrected chi connectivity index (χ1v) is 6.26. The Hall–Kier alpha value is -2.62. The number of hydrogen-bond donors (Lipinski definition) is 2. The van der Waals surface area contributed by atoms with Gasteiger partial charge in [-0.05, 0) is 37.6 Å². The van der Waals surface area contributed by atoms with Crippen molar-refractivity contribution in [1.29, 1.82) is 0 Å². The molecule has 0 atom stereocenters. The lowest BCUT2D eigenvalue weighted by molar-refractivity contribution is 0.0954. The number of hydrazone groups is 1. The lowest BCUT2D eigenvalue weighted by Gasteiger charge is -2.03. The highest BCUT2D eigenvalue weighted by atomic mass is 16.3. The molecule has 0 heterocycles. The Kier molecular flexibility index (Phi) is 4.15. The van der Waals surface area contributed by atoms with Crippen LogP contribution in [0.2, 0.25) is 0 Å². The van der Waals surface area contributed by atoms with Crippen molar-refractivity contribution in [2.45, 2.75) is 13.8 Å². The number of hydrogen-bond acceptors (Lipinski definition) is 3. The van der Waals surface area contributed by atoms with Crippen LogP contribution in [0, 0.1) is 13.8 Å². The van der Waals surface area contributed by atoms with E-state index >= 15 is 0 Å². The summed E-state index contributed by atoms with van der Waals surface area (Å²) in [5.74, 6) is -0.143. The number of amides is 1. The molecule has 0 radical (unpaired) electrons. The van der Waals surface area contributed by atoms with E-state index in [-0.39, 0.29) is 11.7 Å². The lowest BCUT2D eigenvalue weighted by Crippen LogP contribution is -2.18. The molecular formula is C16H16N2O2. The van der Waals surface area contributed by atoms with Gasteiger partial charge in [0.25, 0.3) is 5.91 Å². The first-order valence-electron chi connectivity index (χ1n) is 6.26. The fourth-order valence-electron chi connectivity index (χ4n) is 1.83. The lowest BCUT2D eigenvalue weighted by atomic mass is 10.1. The number of carbonyl (C=O) groups excluding carboxylic acids is 1. The molecule has 0 aromatic heterocycles. The van der Waals surface area contributed by atoms with Crippen LogP contribution < -0.4 is 5.43 Å². The van der Waals surface area contributed by atoms with E-state index < -0.39 is 0 Å². The van der Waals surface area contributed by atoms with Gasteiger partial charge in [-0.25, -0.2) is 5.43 Å². The Balaban J connectivity index is 2.09. The third kappa shape index (κ3) is 3.23. The molecule has 4 nitrogen and oxygen atoms in total. The van der Waals surface area contributed by atoms with Crippen molar-refractivity contribution < 1.29 is 9.90 Å². The van der Waals surface area contributed by atoms with Crippen LogP contribution in [0.4, 0.5) is 0 Å². The molecule has 1 amide bonds. The SMILES string of the molecule is Cc1ccc(O)c(/C=N/NC(=O)c2ccccc2C)c1. The van der Waals surface area contributed by atoms with Crippen molar-refractivity contribution in [3.8, 4) is 5.75 Å². The second-order valence-electron chi connectivity index (χ2n) is 4.58. The molecule has 0 aliphatic carbocycles. The minimum Gasteiger partial charge on any atom is -0.507 e. The number of aromatic hydroxyl groups is 1. The molecule has 2 N–H and O–H groups in total. The van der Waals surface area contributed by atoms with E-state index in [2.05, 4.69) is 10.5 Å². The number of carbonyl (C=O) groups is 1. The van der Waals surface area contributed by atoms with Crippen molar-refractivity contribution in [3.05, 3.63) is 64.7 Å². The Morgan fingerprint density at radius 2 is 1.95 bits per heavy atom. The van der Waals surface area contributed by atoms with E-state index in [0.717, 1.165) is 11.1 Å². The summed E-state index contributed by atoms with van der Waals surface area (Å²) in [5.41, 5.74) is 5.50. The zero-order valence-electron chi connectivity index (χ0n) is 11.4. The van der Waals surface area contributed by atoms with E-state index in [9.17, 15) is 9.90 Å². The van der Waals surface area contributed by atoms with Gasteiger partial charge in [0, 0.05) is 11.1 Å². The van der Waals surface area contributed by atoms with Crippen LogP contribution in [-0.4, -0.2) is 17.2 Å². The standard InChI is InChI=1S/C16H16N2O2/c1-11-7-8-15(19)13(9-11)10-17-18-16(20)14-6-4-3-5-12(14)2/h3-10,19H,1-2H3,(H,18,20)/b17-10+. The molecule has 2 rings (SSSR count). The molecule has 2 aromatic rings. The maximum Gasteiger partial charge on any atom is 0.271 e. The third-order valence-electron chi connectivity index (χ3n) is 2.94. The molecule has 0 saturated heterocycles. The van der Waals surface area contributed by atoms with Crippen LogP contribution >= 0.6 is 0 Å². The second kappa shape index (κ2) is 6.02. The van der Waals surface area contributed by atoms with Gasteiger partial charge in [-0.15, -0.1) is 0 Å². The number of rotatable bonds is 3. The normalized spacial score (nSPS) is 10.7. The monoisotopic (exact) mass is 268 g/mol. The Morgan fingerprint density at radius 1 is 1.20 bits per heavy atom. The highest BCUT2D eigenvalue weighted by Crippen LogP contribution is 2.15. The first-order chi connectivity index (χ1) is 9.58. The van der Waals surface area contributed by atoms with E-state index in [0.29, 0.717) is 11.1 Å². The summed E-state index contributed by atoms with van der Waals surface area (Å²) < 4.78 is 0. The summed E-state index contributed by atoms with van der Waals surface area (Å²) in [5, 5.41) is 13.5. The predicted octanol–water partition coefficient (Wildman–Crippen LogP) is 2.77. The average molecular weight is 268 g/mol. The van der Waals surface area contributed by atoms with E-state index in [1.165, 1.54) is 6.21 Å². The largest absolute Gasteiger partial charge is 0.507 e. The maximum atomic E-state index is 11.9. The quantitative estimate of drug-likeness (QED) is 0.664. The van der Waals surface area contributed by atoms with E-state index in [1.54, 1.807) is 30.3 Å². The third-order valence-corrected chi connectivity index (χ3v) is 2.94. The molecule has 0 aliphatic rings. The topological polar surface area (TPSA) is 61.7 Å². The highest BCUT2D eigenvalue weighted by molar-refractivity contribution is 5.96. The van der Waals surface area contributed by atoms with Crippen molar-refractivity contribution in [1.82, 2.24) is 5.43 Å². The van der Waals surface area contributed by atoms with Crippen LogP contribution in [-0.2, 0) is 0 Å². The van der Waals surface area contributed by atoms with Gasteiger partial charge >= 0.3 is 0 Å². The molecule has 0 fully saturated rings. The van der Waals surface area contributed by atoms with Crippen molar-refractivity contribution >= 4 is 12.1 Å². The summed E-state index contributed by atoms with van der Waals surface area (Å²) in [4.78, 5) is 11.9. The van der Waals surface area contributed by atoms with Gasteiger partial charge in [0.15, 0.2) is 0 Å². The number of nitrogens with one attached hydrogen (secondary N) is 1. The number of aryl methyl sites for hydroxylation is 2. The van der Waals surface area contributed by atoms with Crippen molar-refractivity contribution in [3.63, 3.8) is 0 Å². The predicted molar refractivity (Wildman–Crippen MR) is 79.1 cm³/mol. The smallest absolute Gasteiger partial charge is 0.271 e. The number of phenols is 1. The molecular weight excluding hydrogens is 252 g/mol. The highest BCUT2D eigenvalue weighted by Gasteiger charge is 2.06. The first kappa shape index (κ1) is 13.8. The summed E-state index contributed by atoms with van der Waals surface area (Å²) in [6.45, 7) is 3.79. The fourth-order valence-corrected chi connectivity index (χ4v) is 1.83. The maximum absolute atomic E-state index is 11.9. The van der Waals surface area contributed by atoms with Crippen molar-refractivity contribution in [2.24, 2.45) is 5.10 Å². The fraction of sp³-hybridized carbons (Fsp3) is 0.125. The number of benzene rings is 2. The number of phenolic OH excluding ortho intramolecular Hbond substituents is 1. The van der Waals surface area contributed by atoms with Gasteiger partial charge in [-0.3, -0.25) is 4.79 Å². The van der Waals surface area contributed by atoms with E-state index in [1.807, 2.05) is 26.0 Å². The molecule has 20 heavy (non-hydrogen) atoms. The molecule has 0 spiro atoms. The van der Waals surface area contributed by atoms with Gasteiger partial charge in [0.05, 0.1) is 6.21 Å². The molecule has 2 aromatic carbocycles. The number of nitrogens with zero attached hydrogens (tertiary/aromatic N) is 1. The summed E-state index contributed by atoms with van der Waals surface area (Å²) in [7, 11) is 0. The van der Waals surface area contributed by atoms with Crippen LogP contribution in [0.15, 0.2) is 47.6 Å². The molecule has 0 bridgehead atoms. The zero-order chi connectivity index (χ0) is 14.5. The van der Waals surface area contributed by atoms with Gasteiger partial charge < -0.3 is 5.11 Å². The van der Waals surface area contributed by atoms with E-state index in [4.69, 9.17) is 0 Å². The van der Waals surface area contributed by atoms with Crippen LogP contribution in [0.1, 0.15) is 27.0 Å². The zero-order valence-corrected chi connectivity index (χ0v) is 11.4. The van der Waals surface area contributed by atoms with Crippen LogP contribution in [0.3, 0.4) is 0 Å². The Morgan fingerprint density at radius 3 is 2.70 bits per heavy atom. The van der Waals surface area contributed by atoms with Crippen LogP contribution in [0.25, 0.3) is 0 Å². The van der Waals surface area contributed by atoms with Gasteiger partial charge in [0.1, 0.15) is 5.75 Å². The van der Waals surface area contributed by atoms with Gasteiger partial charge in [-0.2, -0.15) is 5.10 Å². The Labute approximate surface area is 117 Å².